The van der Waals surface area contributed by atoms with Crippen molar-refractivity contribution >= 4 is 21.5 Å². The Bertz CT molecular complexity index is 1290. The second kappa shape index (κ2) is 7.83. The lowest BCUT2D eigenvalue weighted by Gasteiger charge is -2.08. The van der Waals surface area contributed by atoms with Gasteiger partial charge in [0.25, 0.3) is 0 Å². The standard InChI is InChI=1S/C21H13N3O3S2/c22-12-16-4-1-2-6-20(16)29(25,26)27-18-9-7-15(8-10-18)19-14-24-21(28-19)17-5-3-11-23-13-17/h1-11,13-14H. The van der Waals surface area contributed by atoms with Gasteiger partial charge in [0.1, 0.15) is 21.7 Å². The van der Waals surface area contributed by atoms with E-state index in [0.717, 1.165) is 21.0 Å². The minimum atomic E-state index is -4.10. The first-order chi connectivity index (χ1) is 14.1. The number of aromatic nitrogens is 2. The molecule has 0 aliphatic heterocycles. The summed E-state index contributed by atoms with van der Waals surface area (Å²) in [4.78, 5) is 9.30. The monoisotopic (exact) mass is 419 g/mol. The molecule has 0 unspecified atom stereocenters. The molecular formula is C21H13N3O3S2. The number of pyridine rings is 1. The number of benzene rings is 2. The van der Waals surface area contributed by atoms with E-state index in [2.05, 4.69) is 9.97 Å². The van der Waals surface area contributed by atoms with Crippen molar-refractivity contribution < 1.29 is 12.6 Å². The first-order valence-corrected chi connectivity index (χ1v) is 10.7. The highest BCUT2D eigenvalue weighted by molar-refractivity contribution is 7.87. The van der Waals surface area contributed by atoms with Crippen LogP contribution in [0.5, 0.6) is 5.75 Å². The second-order valence-electron chi connectivity index (χ2n) is 5.94. The molecule has 0 N–H and O–H groups in total. The molecule has 2 aromatic heterocycles. The number of hydrogen-bond donors (Lipinski definition) is 0. The molecule has 0 aliphatic rings. The van der Waals surface area contributed by atoms with Crippen molar-refractivity contribution in [2.75, 3.05) is 0 Å². The maximum Gasteiger partial charge on any atom is 0.340 e. The number of nitriles is 1. The van der Waals surface area contributed by atoms with Gasteiger partial charge in [0, 0.05) is 24.2 Å². The van der Waals surface area contributed by atoms with E-state index in [1.807, 2.05) is 18.2 Å². The van der Waals surface area contributed by atoms with Crippen LogP contribution in [-0.2, 0) is 10.1 Å². The normalized spacial score (nSPS) is 11.0. The molecule has 2 aromatic carbocycles. The molecule has 0 radical (unpaired) electrons. The van der Waals surface area contributed by atoms with E-state index in [-0.39, 0.29) is 16.2 Å². The van der Waals surface area contributed by atoms with Crippen LogP contribution in [-0.4, -0.2) is 18.4 Å². The minimum Gasteiger partial charge on any atom is -0.379 e. The van der Waals surface area contributed by atoms with Gasteiger partial charge in [-0.2, -0.15) is 13.7 Å². The molecule has 2 heterocycles. The number of thiazole rings is 1. The number of hydrogen-bond acceptors (Lipinski definition) is 7. The van der Waals surface area contributed by atoms with E-state index >= 15 is 0 Å². The van der Waals surface area contributed by atoms with Gasteiger partial charge in [0.15, 0.2) is 0 Å². The van der Waals surface area contributed by atoms with E-state index in [0.29, 0.717) is 0 Å². The van der Waals surface area contributed by atoms with Crippen LogP contribution in [0.4, 0.5) is 0 Å². The molecule has 0 atom stereocenters. The number of nitrogens with zero attached hydrogens (tertiary/aromatic N) is 3. The summed E-state index contributed by atoms with van der Waals surface area (Å²) in [6.07, 6.45) is 5.23. The lowest BCUT2D eigenvalue weighted by molar-refractivity contribution is 0.486. The van der Waals surface area contributed by atoms with Crippen molar-refractivity contribution in [3.63, 3.8) is 0 Å². The highest BCUT2D eigenvalue weighted by atomic mass is 32.2. The van der Waals surface area contributed by atoms with Gasteiger partial charge in [-0.1, -0.05) is 12.1 Å². The van der Waals surface area contributed by atoms with E-state index < -0.39 is 10.1 Å². The zero-order chi connectivity index (χ0) is 20.3. The zero-order valence-electron chi connectivity index (χ0n) is 14.9. The predicted molar refractivity (Wildman–Crippen MR) is 110 cm³/mol. The fourth-order valence-corrected chi connectivity index (χ4v) is 4.65. The Morgan fingerprint density at radius 1 is 0.931 bits per heavy atom. The molecule has 0 bridgehead atoms. The van der Waals surface area contributed by atoms with Gasteiger partial charge < -0.3 is 4.18 Å². The Morgan fingerprint density at radius 3 is 2.45 bits per heavy atom. The van der Waals surface area contributed by atoms with Crippen LogP contribution in [0.1, 0.15) is 5.56 Å². The Kier molecular flexibility index (Phi) is 5.08. The Morgan fingerprint density at radius 2 is 1.72 bits per heavy atom. The van der Waals surface area contributed by atoms with Crippen molar-refractivity contribution in [2.45, 2.75) is 4.90 Å². The molecule has 4 rings (SSSR count). The van der Waals surface area contributed by atoms with Gasteiger partial charge in [0.2, 0.25) is 0 Å². The fourth-order valence-electron chi connectivity index (χ4n) is 2.65. The smallest absolute Gasteiger partial charge is 0.340 e. The summed E-state index contributed by atoms with van der Waals surface area (Å²) in [7, 11) is -4.10. The van der Waals surface area contributed by atoms with Gasteiger partial charge >= 0.3 is 10.1 Å². The predicted octanol–water partition coefficient (Wildman–Crippen LogP) is 4.51. The lowest BCUT2D eigenvalue weighted by atomic mass is 10.2. The van der Waals surface area contributed by atoms with Gasteiger partial charge in [0.05, 0.1) is 10.4 Å². The third kappa shape index (κ3) is 4.01. The van der Waals surface area contributed by atoms with Crippen LogP contribution in [0.15, 0.2) is 84.1 Å². The molecule has 8 heteroatoms. The van der Waals surface area contributed by atoms with E-state index in [9.17, 15) is 8.42 Å². The molecule has 0 fully saturated rings. The molecule has 0 aliphatic carbocycles. The first kappa shape index (κ1) is 18.8. The molecule has 0 saturated carbocycles. The molecule has 142 valence electrons. The van der Waals surface area contributed by atoms with Crippen molar-refractivity contribution in [1.82, 2.24) is 9.97 Å². The van der Waals surface area contributed by atoms with Crippen molar-refractivity contribution in [1.29, 1.82) is 5.26 Å². The van der Waals surface area contributed by atoms with E-state index in [1.165, 1.54) is 23.5 Å². The molecule has 4 aromatic rings. The zero-order valence-corrected chi connectivity index (χ0v) is 16.5. The summed E-state index contributed by atoms with van der Waals surface area (Å²) >= 11 is 1.51. The van der Waals surface area contributed by atoms with Gasteiger partial charge in [-0.25, -0.2) is 4.98 Å². The van der Waals surface area contributed by atoms with Crippen LogP contribution in [0, 0.1) is 11.3 Å². The van der Waals surface area contributed by atoms with Gasteiger partial charge in [-0.15, -0.1) is 11.3 Å². The topological polar surface area (TPSA) is 92.9 Å². The number of rotatable bonds is 5. The first-order valence-electron chi connectivity index (χ1n) is 8.47. The molecule has 6 nitrogen and oxygen atoms in total. The van der Waals surface area contributed by atoms with Crippen LogP contribution >= 0.6 is 11.3 Å². The maximum atomic E-state index is 12.5. The van der Waals surface area contributed by atoms with Crippen LogP contribution in [0.3, 0.4) is 0 Å². The Balaban J connectivity index is 1.56. The SMILES string of the molecule is N#Cc1ccccc1S(=O)(=O)Oc1ccc(-c2cnc(-c3cccnc3)s2)cc1. The fraction of sp³-hybridized carbons (Fsp3) is 0. The highest BCUT2D eigenvalue weighted by Crippen LogP contribution is 2.33. The Hall–Kier alpha value is -3.54. The molecule has 29 heavy (non-hydrogen) atoms. The molecular weight excluding hydrogens is 406 g/mol. The van der Waals surface area contributed by atoms with Crippen molar-refractivity contribution in [3.8, 4) is 32.8 Å². The van der Waals surface area contributed by atoms with E-state index in [1.54, 1.807) is 55.0 Å². The van der Waals surface area contributed by atoms with E-state index in [4.69, 9.17) is 9.44 Å². The van der Waals surface area contributed by atoms with Crippen molar-refractivity contribution in [3.05, 3.63) is 84.8 Å². The van der Waals surface area contributed by atoms with Gasteiger partial charge in [-0.3, -0.25) is 4.98 Å². The quantitative estimate of drug-likeness (QED) is 0.442. The summed E-state index contributed by atoms with van der Waals surface area (Å²) in [5.74, 6) is 0.165. The summed E-state index contributed by atoms with van der Waals surface area (Å²) in [5, 5.41) is 9.97. The molecule has 0 amide bonds. The van der Waals surface area contributed by atoms with Crippen LogP contribution < -0.4 is 4.18 Å². The third-order valence-corrected chi connectivity index (χ3v) is 6.44. The highest BCUT2D eigenvalue weighted by Gasteiger charge is 2.20. The lowest BCUT2D eigenvalue weighted by Crippen LogP contribution is -2.11. The van der Waals surface area contributed by atoms with Crippen molar-refractivity contribution in [2.24, 2.45) is 0 Å². The maximum absolute atomic E-state index is 12.5. The molecule has 0 saturated heterocycles. The summed E-state index contributed by atoms with van der Waals surface area (Å²) in [5.41, 5.74) is 1.86. The molecule has 0 spiro atoms. The second-order valence-corrected chi connectivity index (χ2v) is 8.49. The average Bonchev–Trinajstić information content (AvgIpc) is 3.25. The minimum absolute atomic E-state index is 0.0386. The summed E-state index contributed by atoms with van der Waals surface area (Å²) in [6, 6.07) is 18.3. The van der Waals surface area contributed by atoms with Gasteiger partial charge in [-0.05, 0) is 54.1 Å². The Labute approximate surface area is 171 Å². The average molecular weight is 419 g/mol. The van der Waals surface area contributed by atoms with Crippen LogP contribution in [0.25, 0.3) is 21.0 Å². The summed E-state index contributed by atoms with van der Waals surface area (Å²) < 4.78 is 30.2. The largest absolute Gasteiger partial charge is 0.379 e. The third-order valence-electron chi connectivity index (χ3n) is 4.04. The van der Waals surface area contributed by atoms with Crippen LogP contribution in [0.2, 0.25) is 0 Å². The summed E-state index contributed by atoms with van der Waals surface area (Å²) in [6.45, 7) is 0.